The topological polar surface area (TPSA) is 80.6 Å². The molecule has 1 aromatic heterocycles. The molecule has 6 nitrogen and oxygen atoms in total. The summed E-state index contributed by atoms with van der Waals surface area (Å²) in [6, 6.07) is 1.62. The van der Waals surface area contributed by atoms with E-state index in [1.54, 1.807) is 18.6 Å². The standard InChI is InChI=1S/C17H26N2O4/c1-17(2,3)23-16(21)19-14-7-5-4-6-13(14)18-15(20)10-12-8-9-22-11-12/h8-9,11,13-14H,4-7,10H2,1-3H3,(H,18,20)(H,19,21)/t13-,14+/m1/s1. The smallest absolute Gasteiger partial charge is 0.407 e. The summed E-state index contributed by atoms with van der Waals surface area (Å²) in [5.41, 5.74) is 0.314. The number of nitrogens with one attached hydrogen (secondary N) is 2. The van der Waals surface area contributed by atoms with Crippen LogP contribution in [0.2, 0.25) is 0 Å². The average Bonchev–Trinajstić information content (AvgIpc) is 2.91. The number of carbonyl (C=O) groups excluding carboxylic acids is 2. The summed E-state index contributed by atoms with van der Waals surface area (Å²) in [5, 5.41) is 5.92. The van der Waals surface area contributed by atoms with Gasteiger partial charge in [0.1, 0.15) is 5.60 Å². The molecule has 0 bridgehead atoms. The van der Waals surface area contributed by atoms with Crippen molar-refractivity contribution in [1.82, 2.24) is 10.6 Å². The van der Waals surface area contributed by atoms with Crippen molar-refractivity contribution in [3.8, 4) is 0 Å². The van der Waals surface area contributed by atoms with E-state index in [2.05, 4.69) is 10.6 Å². The highest BCUT2D eigenvalue weighted by atomic mass is 16.6. The first kappa shape index (κ1) is 17.4. The summed E-state index contributed by atoms with van der Waals surface area (Å²) in [6.45, 7) is 5.49. The molecule has 1 heterocycles. The van der Waals surface area contributed by atoms with Crippen LogP contribution in [0.25, 0.3) is 0 Å². The lowest BCUT2D eigenvalue weighted by Crippen LogP contribution is -2.54. The van der Waals surface area contributed by atoms with Crippen LogP contribution in [0.5, 0.6) is 0 Å². The summed E-state index contributed by atoms with van der Waals surface area (Å²) in [4.78, 5) is 24.1. The van der Waals surface area contributed by atoms with Crippen LogP contribution < -0.4 is 10.6 Å². The Labute approximate surface area is 137 Å². The lowest BCUT2D eigenvalue weighted by Gasteiger charge is -2.33. The monoisotopic (exact) mass is 322 g/mol. The molecule has 1 aliphatic rings. The summed E-state index contributed by atoms with van der Waals surface area (Å²) in [5.74, 6) is -0.0608. The van der Waals surface area contributed by atoms with Gasteiger partial charge < -0.3 is 19.8 Å². The Hall–Kier alpha value is -1.98. The molecule has 0 saturated heterocycles. The van der Waals surface area contributed by atoms with E-state index >= 15 is 0 Å². The minimum absolute atomic E-state index is 0.0596. The van der Waals surface area contributed by atoms with Gasteiger partial charge in [0, 0.05) is 6.04 Å². The van der Waals surface area contributed by atoms with Crippen molar-refractivity contribution in [2.45, 2.75) is 70.6 Å². The van der Waals surface area contributed by atoms with E-state index in [9.17, 15) is 9.59 Å². The van der Waals surface area contributed by atoms with Crippen molar-refractivity contribution in [3.05, 3.63) is 24.2 Å². The zero-order valence-corrected chi connectivity index (χ0v) is 14.1. The largest absolute Gasteiger partial charge is 0.472 e. The van der Waals surface area contributed by atoms with E-state index in [1.807, 2.05) is 20.8 Å². The van der Waals surface area contributed by atoms with Gasteiger partial charge in [-0.25, -0.2) is 4.79 Å². The Bertz CT molecular complexity index is 519. The maximum atomic E-state index is 12.1. The fourth-order valence-electron chi connectivity index (χ4n) is 2.77. The van der Waals surface area contributed by atoms with Gasteiger partial charge in [-0.15, -0.1) is 0 Å². The van der Waals surface area contributed by atoms with Gasteiger partial charge in [-0.2, -0.15) is 0 Å². The van der Waals surface area contributed by atoms with Crippen LogP contribution in [-0.2, 0) is 16.0 Å². The van der Waals surface area contributed by atoms with Gasteiger partial charge in [0.25, 0.3) is 0 Å². The van der Waals surface area contributed by atoms with Gasteiger partial charge in [0.05, 0.1) is 25.0 Å². The second kappa shape index (κ2) is 7.53. The Morgan fingerprint density at radius 1 is 1.22 bits per heavy atom. The molecular formula is C17H26N2O4. The third-order valence-corrected chi connectivity index (χ3v) is 3.76. The Morgan fingerprint density at radius 3 is 2.43 bits per heavy atom. The van der Waals surface area contributed by atoms with Crippen molar-refractivity contribution in [1.29, 1.82) is 0 Å². The predicted octanol–water partition coefficient (Wildman–Crippen LogP) is 2.77. The van der Waals surface area contributed by atoms with E-state index < -0.39 is 11.7 Å². The quantitative estimate of drug-likeness (QED) is 0.893. The molecule has 1 fully saturated rings. The van der Waals surface area contributed by atoms with Crippen molar-refractivity contribution in [2.75, 3.05) is 0 Å². The normalized spacial score (nSPS) is 21.5. The highest BCUT2D eigenvalue weighted by Crippen LogP contribution is 2.19. The van der Waals surface area contributed by atoms with E-state index in [4.69, 9.17) is 9.15 Å². The van der Waals surface area contributed by atoms with Gasteiger partial charge in [-0.1, -0.05) is 12.8 Å². The van der Waals surface area contributed by atoms with Gasteiger partial charge in [-0.3, -0.25) is 4.79 Å². The third kappa shape index (κ3) is 5.96. The summed E-state index contributed by atoms with van der Waals surface area (Å²) in [7, 11) is 0. The molecule has 128 valence electrons. The molecule has 1 aromatic rings. The molecule has 2 N–H and O–H groups in total. The fraction of sp³-hybridized carbons (Fsp3) is 0.647. The van der Waals surface area contributed by atoms with Crippen molar-refractivity contribution >= 4 is 12.0 Å². The maximum absolute atomic E-state index is 12.1. The van der Waals surface area contributed by atoms with Crippen LogP contribution in [0, 0.1) is 0 Å². The summed E-state index contributed by atoms with van der Waals surface area (Å²) < 4.78 is 10.3. The molecule has 6 heteroatoms. The fourth-order valence-corrected chi connectivity index (χ4v) is 2.77. The number of hydrogen-bond acceptors (Lipinski definition) is 4. The molecule has 2 atom stereocenters. The summed E-state index contributed by atoms with van der Waals surface area (Å²) >= 11 is 0. The maximum Gasteiger partial charge on any atom is 0.407 e. The number of furan rings is 1. The van der Waals surface area contributed by atoms with Crippen LogP contribution in [0.4, 0.5) is 4.79 Å². The highest BCUT2D eigenvalue weighted by Gasteiger charge is 2.29. The Balaban J connectivity index is 1.87. The van der Waals surface area contributed by atoms with Crippen LogP contribution in [-0.4, -0.2) is 29.7 Å². The molecule has 23 heavy (non-hydrogen) atoms. The van der Waals surface area contributed by atoms with Crippen LogP contribution >= 0.6 is 0 Å². The van der Waals surface area contributed by atoms with Gasteiger partial charge in [0.2, 0.25) is 5.91 Å². The zero-order valence-electron chi connectivity index (χ0n) is 14.1. The predicted molar refractivity (Wildman–Crippen MR) is 86.0 cm³/mol. The molecular weight excluding hydrogens is 296 g/mol. The molecule has 0 aromatic carbocycles. The van der Waals surface area contributed by atoms with Gasteiger partial charge in [0.15, 0.2) is 0 Å². The minimum atomic E-state index is -0.529. The third-order valence-electron chi connectivity index (χ3n) is 3.76. The van der Waals surface area contributed by atoms with Crippen LogP contribution in [0.1, 0.15) is 52.0 Å². The first-order valence-electron chi connectivity index (χ1n) is 8.13. The average molecular weight is 322 g/mol. The SMILES string of the molecule is CC(C)(C)OC(=O)N[C@H]1CCCC[C@H]1NC(=O)Cc1ccoc1. The Morgan fingerprint density at radius 2 is 1.87 bits per heavy atom. The second-order valence-corrected chi connectivity index (χ2v) is 7.02. The minimum Gasteiger partial charge on any atom is -0.472 e. The summed E-state index contributed by atoms with van der Waals surface area (Å²) in [6.07, 6.45) is 6.75. The first-order valence-corrected chi connectivity index (χ1v) is 8.13. The zero-order chi connectivity index (χ0) is 16.9. The molecule has 2 amide bonds. The van der Waals surface area contributed by atoms with Gasteiger partial charge >= 0.3 is 6.09 Å². The molecule has 1 saturated carbocycles. The number of rotatable bonds is 4. The van der Waals surface area contributed by atoms with E-state index in [0.29, 0.717) is 0 Å². The van der Waals surface area contributed by atoms with E-state index in [-0.39, 0.29) is 24.4 Å². The van der Waals surface area contributed by atoms with Crippen molar-refractivity contribution < 1.29 is 18.7 Å². The number of alkyl carbamates (subject to hydrolysis) is 1. The van der Waals surface area contributed by atoms with Crippen LogP contribution in [0.15, 0.2) is 23.0 Å². The number of carbonyl (C=O) groups is 2. The highest BCUT2D eigenvalue weighted by molar-refractivity contribution is 5.79. The Kier molecular flexibility index (Phi) is 5.69. The molecule has 1 aliphatic carbocycles. The lowest BCUT2D eigenvalue weighted by atomic mass is 9.90. The van der Waals surface area contributed by atoms with Gasteiger partial charge in [-0.05, 0) is 45.2 Å². The molecule has 2 rings (SSSR count). The number of ether oxygens (including phenoxy) is 1. The molecule has 0 unspecified atom stereocenters. The number of hydrogen-bond donors (Lipinski definition) is 2. The van der Waals surface area contributed by atoms with Crippen molar-refractivity contribution in [3.63, 3.8) is 0 Å². The molecule has 0 aliphatic heterocycles. The molecule has 0 spiro atoms. The van der Waals surface area contributed by atoms with E-state index in [1.165, 1.54) is 0 Å². The first-order chi connectivity index (χ1) is 10.8. The van der Waals surface area contributed by atoms with Crippen LogP contribution in [0.3, 0.4) is 0 Å². The molecule has 0 radical (unpaired) electrons. The number of amides is 2. The van der Waals surface area contributed by atoms with E-state index in [0.717, 1.165) is 31.2 Å². The lowest BCUT2D eigenvalue weighted by molar-refractivity contribution is -0.121. The van der Waals surface area contributed by atoms with Crippen molar-refractivity contribution in [2.24, 2.45) is 0 Å². The second-order valence-electron chi connectivity index (χ2n) is 7.02.